The predicted octanol–water partition coefficient (Wildman–Crippen LogP) is 19.1. The van der Waals surface area contributed by atoms with Crippen molar-refractivity contribution in [2.24, 2.45) is 0 Å². The van der Waals surface area contributed by atoms with Crippen LogP contribution in [0.15, 0.2) is 157 Å². The summed E-state index contributed by atoms with van der Waals surface area (Å²) in [5.41, 5.74) is 7.83. The Kier molecular flexibility index (Phi) is 22.5. The molecule has 0 saturated heterocycles. The number of anilines is 12. The maximum atomic E-state index is 14.1. The van der Waals surface area contributed by atoms with Crippen LogP contribution in [0.1, 0.15) is 172 Å². The smallest absolute Gasteiger partial charge is 0.153 e. The maximum absolute atomic E-state index is 14.1. The number of rotatable bonds is 24. The van der Waals surface area contributed by atoms with Crippen LogP contribution in [0.4, 0.5) is 83.0 Å². The van der Waals surface area contributed by atoms with E-state index in [-0.39, 0.29) is 41.6 Å². The van der Waals surface area contributed by atoms with Crippen LogP contribution >= 0.6 is 50.7 Å². The number of hydrogen-bond acceptors (Lipinski definition) is 20. The molecule has 0 aliphatic heterocycles. The number of aromatic nitrogens is 16. The van der Waals surface area contributed by atoms with Crippen LogP contribution in [-0.4, -0.2) is 80.7 Å². The second kappa shape index (κ2) is 32.7. The van der Waals surface area contributed by atoms with Gasteiger partial charge in [-0.3, -0.25) is 20.4 Å². The third-order valence-corrected chi connectivity index (χ3v) is 18.8. The Morgan fingerprint density at radius 2 is 0.631 bits per heavy atom. The fourth-order valence-electron chi connectivity index (χ4n) is 11.1. The Labute approximate surface area is 614 Å². The summed E-state index contributed by atoms with van der Waals surface area (Å²) in [4.78, 5) is 33.9. The van der Waals surface area contributed by atoms with Crippen molar-refractivity contribution >= 4 is 121 Å². The SMILES string of the molecule is CC(Nc1cc(Nc2cc(C3CC3)[nH]n2)ncn1)c1ccc(Br)cc1F.CC(Nc1cc(Nc2cc(C3CC3)[nH]n2)ncn1)c1ccccc1Cl.C[C@@H](Nc1cc(Nc2cc(C3CC3)[nH]n2)ncn1)c1ccc(F)cc1Cl.C[C@H](Nc1cc(Nc2cc(C3CC3)[nH]n2)ncn1)c1ccc(F)cc1Cl. The van der Waals surface area contributed by atoms with Gasteiger partial charge in [-0.25, -0.2) is 53.0 Å². The van der Waals surface area contributed by atoms with Crippen molar-refractivity contribution in [3.8, 4) is 0 Å². The Morgan fingerprint density at radius 1 is 0.340 bits per heavy atom. The van der Waals surface area contributed by atoms with E-state index in [0.29, 0.717) is 84.5 Å². The molecule has 4 aromatic carbocycles. The number of nitrogens with zero attached hydrogens (tertiary/aromatic N) is 12. The highest BCUT2D eigenvalue weighted by Crippen LogP contribution is 2.43. The Morgan fingerprint density at radius 3 is 0.932 bits per heavy atom. The summed E-state index contributed by atoms with van der Waals surface area (Å²) in [6, 6.07) is 36.3. The molecule has 4 atom stereocenters. The van der Waals surface area contributed by atoms with Crippen molar-refractivity contribution in [2.45, 2.75) is 127 Å². The zero-order chi connectivity index (χ0) is 71.5. The van der Waals surface area contributed by atoms with E-state index in [1.54, 1.807) is 36.4 Å². The van der Waals surface area contributed by atoms with E-state index < -0.39 is 0 Å². The fourth-order valence-corrected chi connectivity index (χ4v) is 12.4. The Bertz CT molecular complexity index is 4490. The minimum absolute atomic E-state index is 0.0308. The van der Waals surface area contributed by atoms with Gasteiger partial charge in [0.1, 0.15) is 89.3 Å². The lowest BCUT2D eigenvalue weighted by Crippen LogP contribution is -2.10. The molecule has 0 amide bonds. The zero-order valence-electron chi connectivity index (χ0n) is 56.2. The van der Waals surface area contributed by atoms with Gasteiger partial charge >= 0.3 is 0 Å². The first-order valence-corrected chi connectivity index (χ1v) is 35.6. The normalized spacial score (nSPS) is 14.9. The highest BCUT2D eigenvalue weighted by atomic mass is 79.9. The van der Waals surface area contributed by atoms with Gasteiger partial charge in [-0.05, 0) is 138 Å². The third-order valence-electron chi connectivity index (χ3n) is 17.3. The van der Waals surface area contributed by atoms with Gasteiger partial charge in [0.15, 0.2) is 23.3 Å². The van der Waals surface area contributed by atoms with Crippen molar-refractivity contribution in [1.82, 2.24) is 80.7 Å². The molecule has 0 radical (unpaired) electrons. The highest BCUT2D eigenvalue weighted by molar-refractivity contribution is 9.10. The second-order valence-electron chi connectivity index (χ2n) is 25.6. The average Bonchev–Trinajstić information content (AvgIpc) is 1.70. The highest BCUT2D eigenvalue weighted by Gasteiger charge is 2.29. The zero-order valence-corrected chi connectivity index (χ0v) is 60.1. The summed E-state index contributed by atoms with van der Waals surface area (Å²) in [5.74, 6) is 9.63. The first kappa shape index (κ1) is 71.0. The summed E-state index contributed by atoms with van der Waals surface area (Å²) in [6.07, 6.45) is 15.7. The Balaban J connectivity index is 0.000000122. The maximum Gasteiger partial charge on any atom is 0.153 e. The number of halogens is 7. The van der Waals surface area contributed by atoms with Crippen molar-refractivity contribution in [2.75, 3.05) is 42.5 Å². The van der Waals surface area contributed by atoms with Crippen LogP contribution in [0.25, 0.3) is 0 Å². The molecule has 12 N–H and O–H groups in total. The van der Waals surface area contributed by atoms with Crippen LogP contribution in [0.3, 0.4) is 0 Å². The van der Waals surface area contributed by atoms with Crippen molar-refractivity contribution in [3.05, 3.63) is 235 Å². The van der Waals surface area contributed by atoms with Gasteiger partial charge < -0.3 is 42.5 Å². The van der Waals surface area contributed by atoms with E-state index in [1.807, 2.05) is 88.4 Å². The molecule has 12 aromatic rings. The van der Waals surface area contributed by atoms with E-state index in [1.165, 1.54) is 113 Å². The molecule has 4 aliphatic carbocycles. The molecule has 530 valence electrons. The predicted molar refractivity (Wildman–Crippen MR) is 400 cm³/mol. The lowest BCUT2D eigenvalue weighted by atomic mass is 10.1. The van der Waals surface area contributed by atoms with Gasteiger partial charge in [0.25, 0.3) is 0 Å². The molecule has 0 spiro atoms. The van der Waals surface area contributed by atoms with E-state index >= 15 is 0 Å². The molecule has 0 bridgehead atoms. The number of H-pyrrole nitrogens is 4. The van der Waals surface area contributed by atoms with Gasteiger partial charge in [0, 0.05) is 120 Å². The molecule has 8 aromatic heterocycles. The molecule has 4 aliphatic rings. The molecule has 103 heavy (non-hydrogen) atoms. The van der Waals surface area contributed by atoms with Crippen LogP contribution in [0.5, 0.6) is 0 Å². The second-order valence-corrected chi connectivity index (χ2v) is 27.7. The number of nitrogens with one attached hydrogen (secondary N) is 12. The molecular weight excluding hydrogens is 1440 g/mol. The van der Waals surface area contributed by atoms with Gasteiger partial charge in [-0.2, -0.15) is 20.4 Å². The lowest BCUT2D eigenvalue weighted by Gasteiger charge is -2.16. The molecule has 8 heterocycles. The molecule has 4 fully saturated rings. The van der Waals surface area contributed by atoms with Gasteiger partial charge in [0.05, 0.1) is 24.2 Å². The minimum Gasteiger partial charge on any atom is -0.363 e. The quantitative estimate of drug-likeness (QED) is 0.0267. The van der Waals surface area contributed by atoms with Crippen LogP contribution in [0, 0.1) is 17.5 Å². The standard InChI is InChI=1S/C18H18BrFN6.2C18H18ClFN6.C18H19ClN6/c1-10(13-5-4-12(19)6-14(13)20)23-16-8-17(22-9-21-16)24-18-7-15(25-26-18)11-2-3-11;2*1-10(13-5-4-12(20)6-14(13)19)23-16-8-17(22-9-21-16)24-18-7-15(25-26-18)11-2-3-11;1-11(13-4-2-3-5-14(13)19)22-16-9-17(21-10-20-16)23-18-8-15(24-25-18)12-6-7-12/h3*4-11H,2-3H2,1H3,(H3,21,22,23,24,25,26);2-5,8-12H,6-7H2,1H3,(H3,20,21,22,23,24,25)/t;2*10-;/m.10./s1. The monoisotopic (exact) mass is 1510 g/mol. The van der Waals surface area contributed by atoms with Gasteiger partial charge in [-0.15, -0.1) is 0 Å². The summed E-state index contributed by atoms with van der Waals surface area (Å²) in [5, 5.41) is 56.6. The summed E-state index contributed by atoms with van der Waals surface area (Å²) in [7, 11) is 0. The van der Waals surface area contributed by atoms with Crippen LogP contribution in [0.2, 0.25) is 15.1 Å². The molecule has 16 rings (SSSR count). The Hall–Kier alpha value is -10.4. The summed E-state index contributed by atoms with van der Waals surface area (Å²) < 4.78 is 41.3. The molecule has 31 heteroatoms. The van der Waals surface area contributed by atoms with Crippen molar-refractivity contribution in [3.63, 3.8) is 0 Å². The number of benzene rings is 4. The number of hydrogen-bond donors (Lipinski definition) is 12. The van der Waals surface area contributed by atoms with Gasteiger partial charge in [-0.1, -0.05) is 87.1 Å². The average molecular weight is 1520 g/mol. The van der Waals surface area contributed by atoms with E-state index in [0.717, 1.165) is 67.9 Å². The van der Waals surface area contributed by atoms with E-state index in [9.17, 15) is 13.2 Å². The lowest BCUT2D eigenvalue weighted by molar-refractivity contribution is 0.599. The van der Waals surface area contributed by atoms with Crippen LogP contribution in [-0.2, 0) is 0 Å². The molecule has 2 unspecified atom stereocenters. The minimum atomic E-state index is -0.357. The summed E-state index contributed by atoms with van der Waals surface area (Å²) >= 11 is 21.8. The third kappa shape index (κ3) is 20.0. The molecule has 4 saturated carbocycles. The first-order valence-electron chi connectivity index (χ1n) is 33.7. The fraction of sp³-hybridized carbons (Fsp3) is 0.278. The van der Waals surface area contributed by atoms with Crippen molar-refractivity contribution < 1.29 is 13.2 Å². The van der Waals surface area contributed by atoms with Crippen LogP contribution < -0.4 is 42.5 Å². The molecule has 24 nitrogen and oxygen atoms in total. The van der Waals surface area contributed by atoms with E-state index in [4.69, 9.17) is 34.8 Å². The molecular formula is C72H73BrCl3F3N24. The van der Waals surface area contributed by atoms with Crippen molar-refractivity contribution in [1.29, 1.82) is 0 Å². The summed E-state index contributed by atoms with van der Waals surface area (Å²) in [6.45, 7) is 7.80. The van der Waals surface area contributed by atoms with Gasteiger partial charge in [0.2, 0.25) is 0 Å². The van der Waals surface area contributed by atoms with E-state index in [2.05, 4.69) is 139 Å². The first-order chi connectivity index (χ1) is 49.9. The topological polar surface area (TPSA) is 314 Å². The largest absolute Gasteiger partial charge is 0.363 e. The number of aromatic amines is 4.